The van der Waals surface area contributed by atoms with E-state index in [1.807, 2.05) is 30.3 Å². The van der Waals surface area contributed by atoms with Gasteiger partial charge in [-0.25, -0.2) is 4.39 Å². The smallest absolute Gasteiger partial charge is 0.224 e. The van der Waals surface area contributed by atoms with Crippen LogP contribution in [0.25, 0.3) is 0 Å². The van der Waals surface area contributed by atoms with Crippen LogP contribution in [0, 0.1) is 11.7 Å². The zero-order chi connectivity index (χ0) is 19.8. The van der Waals surface area contributed by atoms with E-state index >= 15 is 0 Å². The summed E-state index contributed by atoms with van der Waals surface area (Å²) < 4.78 is 13.3. The van der Waals surface area contributed by atoms with Gasteiger partial charge in [-0.3, -0.25) is 9.59 Å². The third kappa shape index (κ3) is 5.91. The lowest BCUT2D eigenvalue weighted by molar-refractivity contribution is -0.122. The van der Waals surface area contributed by atoms with E-state index in [4.69, 9.17) is 0 Å². The van der Waals surface area contributed by atoms with Crippen molar-refractivity contribution in [3.05, 3.63) is 71.5 Å². The highest BCUT2D eigenvalue weighted by Crippen LogP contribution is 2.35. The van der Waals surface area contributed by atoms with E-state index in [0.29, 0.717) is 18.9 Å². The molecule has 1 fully saturated rings. The summed E-state index contributed by atoms with van der Waals surface area (Å²) >= 11 is 0. The number of benzene rings is 2. The van der Waals surface area contributed by atoms with Gasteiger partial charge in [0.15, 0.2) is 0 Å². The fourth-order valence-corrected chi connectivity index (χ4v) is 3.84. The van der Waals surface area contributed by atoms with Crippen LogP contribution in [0.3, 0.4) is 0 Å². The molecule has 3 rings (SSSR count). The Morgan fingerprint density at radius 3 is 2.32 bits per heavy atom. The van der Waals surface area contributed by atoms with Crippen molar-refractivity contribution < 1.29 is 14.0 Å². The number of carbonyl (C=O) groups excluding carboxylic acids is 2. The van der Waals surface area contributed by atoms with Crippen molar-refractivity contribution in [3.8, 4) is 0 Å². The van der Waals surface area contributed by atoms with E-state index in [-0.39, 0.29) is 30.1 Å². The largest absolute Gasteiger partial charge is 0.355 e. The summed E-state index contributed by atoms with van der Waals surface area (Å²) in [6.07, 6.45) is 4.99. The third-order valence-corrected chi connectivity index (χ3v) is 5.30. The van der Waals surface area contributed by atoms with Crippen LogP contribution in [-0.4, -0.2) is 18.4 Å². The molecule has 5 heteroatoms. The Morgan fingerprint density at radius 1 is 0.964 bits per heavy atom. The van der Waals surface area contributed by atoms with Crippen molar-refractivity contribution in [2.75, 3.05) is 6.54 Å². The summed E-state index contributed by atoms with van der Waals surface area (Å²) in [7, 11) is 0. The number of carbonyl (C=O) groups is 2. The Balaban J connectivity index is 1.49. The zero-order valence-electron chi connectivity index (χ0n) is 16.0. The first-order valence-electron chi connectivity index (χ1n) is 9.97. The quantitative estimate of drug-likeness (QED) is 0.727. The van der Waals surface area contributed by atoms with Gasteiger partial charge in [0.05, 0.1) is 12.5 Å². The molecule has 0 aromatic heterocycles. The van der Waals surface area contributed by atoms with Crippen molar-refractivity contribution in [1.82, 2.24) is 10.6 Å². The average Bonchev–Trinajstić information content (AvgIpc) is 3.22. The van der Waals surface area contributed by atoms with Gasteiger partial charge >= 0.3 is 0 Å². The fraction of sp³-hybridized carbons (Fsp3) is 0.391. The molecule has 0 heterocycles. The van der Waals surface area contributed by atoms with Gasteiger partial charge in [0.2, 0.25) is 11.8 Å². The van der Waals surface area contributed by atoms with Gasteiger partial charge in [0.25, 0.3) is 0 Å². The molecule has 1 atom stereocenters. The van der Waals surface area contributed by atoms with E-state index in [1.54, 1.807) is 12.1 Å². The number of hydrogen-bond donors (Lipinski definition) is 2. The summed E-state index contributed by atoms with van der Waals surface area (Å²) in [5, 5.41) is 5.91. The lowest BCUT2D eigenvalue weighted by Gasteiger charge is -2.25. The van der Waals surface area contributed by atoms with E-state index < -0.39 is 0 Å². The number of rotatable bonds is 8. The number of hydrogen-bond acceptors (Lipinski definition) is 2. The summed E-state index contributed by atoms with van der Waals surface area (Å²) in [5.74, 6) is -0.0884. The second-order valence-electron chi connectivity index (χ2n) is 7.40. The molecule has 1 aliphatic rings. The summed E-state index contributed by atoms with van der Waals surface area (Å²) in [6.45, 7) is 0.304. The molecule has 0 spiro atoms. The standard InChI is InChI=1S/C23H27FN2O2/c24-20-12-10-19(11-13-20)23(18-8-4-5-9-18)26-21(27)14-15-25-22(28)16-17-6-2-1-3-7-17/h1-3,6-7,10-13,18,23H,4-5,8-9,14-16H2,(H,25,28)(H,26,27)/t23-/m1/s1. The predicted molar refractivity (Wildman–Crippen MR) is 107 cm³/mol. The van der Waals surface area contributed by atoms with Gasteiger partial charge in [-0.2, -0.15) is 0 Å². The normalized spacial score (nSPS) is 15.2. The Labute approximate surface area is 165 Å². The molecule has 1 aliphatic carbocycles. The lowest BCUT2D eigenvalue weighted by atomic mass is 9.91. The van der Waals surface area contributed by atoms with Crippen molar-refractivity contribution in [2.45, 2.75) is 44.6 Å². The topological polar surface area (TPSA) is 58.2 Å². The zero-order valence-corrected chi connectivity index (χ0v) is 16.0. The van der Waals surface area contributed by atoms with Crippen molar-refractivity contribution in [2.24, 2.45) is 5.92 Å². The first kappa shape index (κ1) is 20.1. The van der Waals surface area contributed by atoms with Crippen LogP contribution in [-0.2, 0) is 16.0 Å². The molecule has 28 heavy (non-hydrogen) atoms. The Hall–Kier alpha value is -2.69. The maximum atomic E-state index is 13.3. The molecule has 2 amide bonds. The van der Waals surface area contributed by atoms with E-state index in [1.165, 1.54) is 12.1 Å². The molecular weight excluding hydrogens is 355 g/mol. The van der Waals surface area contributed by atoms with Crippen LogP contribution in [0.4, 0.5) is 4.39 Å². The molecule has 2 aromatic carbocycles. The summed E-state index contributed by atoms with van der Waals surface area (Å²) in [6, 6.07) is 15.8. The van der Waals surface area contributed by atoms with Crippen molar-refractivity contribution in [1.29, 1.82) is 0 Å². The Kier molecular flexibility index (Phi) is 7.18. The van der Waals surface area contributed by atoms with Crippen LogP contribution in [0.1, 0.15) is 49.3 Å². The summed E-state index contributed by atoms with van der Waals surface area (Å²) in [4.78, 5) is 24.5. The van der Waals surface area contributed by atoms with Gasteiger partial charge in [-0.05, 0) is 42.0 Å². The molecule has 0 bridgehead atoms. The molecule has 0 saturated heterocycles. The van der Waals surface area contributed by atoms with Gasteiger partial charge in [-0.1, -0.05) is 55.3 Å². The Morgan fingerprint density at radius 2 is 1.64 bits per heavy atom. The highest BCUT2D eigenvalue weighted by atomic mass is 19.1. The second kappa shape index (κ2) is 10.0. The van der Waals surface area contributed by atoms with Gasteiger partial charge in [0, 0.05) is 13.0 Å². The first-order chi connectivity index (χ1) is 13.6. The SMILES string of the molecule is O=C(Cc1ccccc1)NCCC(=O)N[C@@H](c1ccc(F)cc1)C1CCCC1. The van der Waals surface area contributed by atoms with Gasteiger partial charge in [-0.15, -0.1) is 0 Å². The highest BCUT2D eigenvalue weighted by Gasteiger charge is 2.27. The molecule has 2 aromatic rings. The number of halogens is 1. The van der Waals surface area contributed by atoms with Crippen molar-refractivity contribution >= 4 is 11.8 Å². The molecule has 4 nitrogen and oxygen atoms in total. The molecule has 1 saturated carbocycles. The van der Waals surface area contributed by atoms with Crippen LogP contribution >= 0.6 is 0 Å². The molecule has 2 N–H and O–H groups in total. The molecular formula is C23H27FN2O2. The van der Waals surface area contributed by atoms with E-state index in [9.17, 15) is 14.0 Å². The highest BCUT2D eigenvalue weighted by molar-refractivity contribution is 5.80. The van der Waals surface area contributed by atoms with Crippen molar-refractivity contribution in [3.63, 3.8) is 0 Å². The fourth-order valence-electron chi connectivity index (χ4n) is 3.84. The lowest BCUT2D eigenvalue weighted by Crippen LogP contribution is -2.35. The maximum Gasteiger partial charge on any atom is 0.224 e. The number of nitrogens with one attached hydrogen (secondary N) is 2. The minimum atomic E-state index is -0.277. The molecule has 0 aliphatic heterocycles. The Bertz CT molecular complexity index is 771. The van der Waals surface area contributed by atoms with Gasteiger partial charge in [0.1, 0.15) is 5.82 Å². The van der Waals surface area contributed by atoms with E-state index in [2.05, 4.69) is 10.6 Å². The van der Waals surface area contributed by atoms with E-state index in [0.717, 1.165) is 36.8 Å². The average molecular weight is 382 g/mol. The minimum absolute atomic E-state index is 0.0927. The first-order valence-corrected chi connectivity index (χ1v) is 9.97. The molecule has 0 unspecified atom stereocenters. The van der Waals surface area contributed by atoms with Crippen LogP contribution in [0.2, 0.25) is 0 Å². The van der Waals surface area contributed by atoms with Gasteiger partial charge < -0.3 is 10.6 Å². The maximum absolute atomic E-state index is 13.3. The predicted octanol–water partition coefficient (Wildman–Crippen LogP) is 3.92. The minimum Gasteiger partial charge on any atom is -0.355 e. The molecule has 148 valence electrons. The van der Waals surface area contributed by atoms with Crippen LogP contribution in [0.5, 0.6) is 0 Å². The van der Waals surface area contributed by atoms with Crippen LogP contribution < -0.4 is 10.6 Å². The third-order valence-electron chi connectivity index (χ3n) is 5.30. The molecule has 0 radical (unpaired) electrons. The second-order valence-corrected chi connectivity index (χ2v) is 7.40. The van der Waals surface area contributed by atoms with Crippen LogP contribution in [0.15, 0.2) is 54.6 Å². The monoisotopic (exact) mass is 382 g/mol. The number of amides is 2. The summed E-state index contributed by atoms with van der Waals surface area (Å²) in [5.41, 5.74) is 1.89.